The van der Waals surface area contributed by atoms with Gasteiger partial charge in [-0.25, -0.2) is 4.98 Å². The van der Waals surface area contributed by atoms with Crippen molar-refractivity contribution in [3.8, 4) is 5.88 Å². The molecule has 0 aliphatic heterocycles. The van der Waals surface area contributed by atoms with E-state index in [9.17, 15) is 18.0 Å². The van der Waals surface area contributed by atoms with Gasteiger partial charge in [0, 0.05) is 23.9 Å². The van der Waals surface area contributed by atoms with Crippen molar-refractivity contribution in [2.45, 2.75) is 26.6 Å². The summed E-state index contributed by atoms with van der Waals surface area (Å²) >= 11 is 0. The molecule has 2 rings (SSSR count). The third-order valence-corrected chi connectivity index (χ3v) is 3.51. The first-order valence-corrected chi connectivity index (χ1v) is 7.26. The third-order valence-electron chi connectivity index (χ3n) is 3.51. The Morgan fingerprint density at radius 3 is 2.67 bits per heavy atom. The Bertz CT molecular complexity index is 730. The summed E-state index contributed by atoms with van der Waals surface area (Å²) in [5, 5.41) is 2.68. The fourth-order valence-corrected chi connectivity index (χ4v) is 2.11. The largest absolute Gasteiger partial charge is 0.468 e. The molecule has 0 atom stereocenters. The van der Waals surface area contributed by atoms with Crippen molar-refractivity contribution in [2.75, 3.05) is 6.61 Å². The Morgan fingerprint density at radius 1 is 1.21 bits per heavy atom. The second-order valence-electron chi connectivity index (χ2n) is 5.30. The van der Waals surface area contributed by atoms with Crippen LogP contribution in [0, 0.1) is 13.8 Å². The maximum atomic E-state index is 12.3. The van der Waals surface area contributed by atoms with Crippen molar-refractivity contribution < 1.29 is 22.7 Å². The molecule has 0 aliphatic carbocycles. The highest BCUT2D eigenvalue weighted by Crippen LogP contribution is 2.20. The maximum absolute atomic E-state index is 12.3. The number of aromatic nitrogens is 1. The number of alkyl halides is 3. The molecule has 0 spiro atoms. The molecule has 4 nitrogen and oxygen atoms in total. The van der Waals surface area contributed by atoms with Crippen LogP contribution in [-0.4, -0.2) is 23.7 Å². The van der Waals surface area contributed by atoms with E-state index in [1.807, 2.05) is 19.9 Å². The summed E-state index contributed by atoms with van der Waals surface area (Å²) in [5.74, 6) is -0.446. The van der Waals surface area contributed by atoms with Crippen LogP contribution in [0.4, 0.5) is 13.2 Å². The summed E-state index contributed by atoms with van der Waals surface area (Å²) in [6.45, 7) is 2.33. The minimum atomic E-state index is -4.45. The predicted molar refractivity (Wildman–Crippen MR) is 82.9 cm³/mol. The molecule has 2 aromatic rings. The average Bonchev–Trinajstić information content (AvgIpc) is 2.53. The second-order valence-corrected chi connectivity index (χ2v) is 5.30. The molecule has 1 amide bonds. The van der Waals surface area contributed by atoms with Gasteiger partial charge in [0.1, 0.15) is 0 Å². The summed E-state index contributed by atoms with van der Waals surface area (Å²) < 4.78 is 41.5. The molecule has 1 N–H and O–H groups in total. The van der Waals surface area contributed by atoms with Crippen LogP contribution in [0.25, 0.3) is 0 Å². The van der Waals surface area contributed by atoms with Crippen LogP contribution in [0.15, 0.2) is 36.5 Å². The zero-order valence-corrected chi connectivity index (χ0v) is 13.3. The van der Waals surface area contributed by atoms with Gasteiger partial charge in [-0.2, -0.15) is 13.2 Å². The minimum Gasteiger partial charge on any atom is -0.468 e. The first-order valence-electron chi connectivity index (χ1n) is 7.26. The highest BCUT2D eigenvalue weighted by atomic mass is 19.4. The third kappa shape index (κ3) is 4.71. The molecule has 0 bridgehead atoms. The van der Waals surface area contributed by atoms with Crippen molar-refractivity contribution in [3.63, 3.8) is 0 Å². The summed E-state index contributed by atoms with van der Waals surface area (Å²) in [6.07, 6.45) is -3.11. The van der Waals surface area contributed by atoms with Crippen LogP contribution in [0.2, 0.25) is 0 Å². The Balaban J connectivity index is 2.06. The Kier molecular flexibility index (Phi) is 5.43. The van der Waals surface area contributed by atoms with Crippen LogP contribution < -0.4 is 10.1 Å². The number of rotatable bonds is 5. The number of nitrogens with zero attached hydrogens (tertiary/aromatic N) is 1. The van der Waals surface area contributed by atoms with E-state index in [0.29, 0.717) is 11.1 Å². The number of hydrogen-bond acceptors (Lipinski definition) is 3. The van der Waals surface area contributed by atoms with E-state index in [0.717, 1.165) is 11.1 Å². The normalized spacial score (nSPS) is 11.2. The topological polar surface area (TPSA) is 51.2 Å². The molecule has 0 unspecified atom stereocenters. The predicted octanol–water partition coefficient (Wildman–Crippen LogP) is 3.57. The highest BCUT2D eigenvalue weighted by molar-refractivity contribution is 5.95. The van der Waals surface area contributed by atoms with Crippen LogP contribution in [0.1, 0.15) is 27.0 Å². The molecule has 24 heavy (non-hydrogen) atoms. The number of amides is 1. The number of nitrogens with one attached hydrogen (secondary N) is 1. The molecule has 0 saturated carbocycles. The second kappa shape index (κ2) is 7.33. The monoisotopic (exact) mass is 338 g/mol. The van der Waals surface area contributed by atoms with E-state index in [-0.39, 0.29) is 18.3 Å². The van der Waals surface area contributed by atoms with Gasteiger partial charge in [-0.1, -0.05) is 18.2 Å². The highest BCUT2D eigenvalue weighted by Gasteiger charge is 2.29. The molecule has 0 saturated heterocycles. The van der Waals surface area contributed by atoms with Crippen LogP contribution in [-0.2, 0) is 6.54 Å². The van der Waals surface area contributed by atoms with Gasteiger partial charge in [0.25, 0.3) is 5.91 Å². The van der Waals surface area contributed by atoms with Gasteiger partial charge in [-0.3, -0.25) is 4.79 Å². The van der Waals surface area contributed by atoms with Crippen LogP contribution in [0.5, 0.6) is 5.88 Å². The lowest BCUT2D eigenvalue weighted by atomic mass is 10.0. The standard InChI is InChI=1S/C17H17F3N2O2/c1-11-5-3-7-14(12(11)2)15(23)22-9-13-6-4-8-21-16(13)24-10-17(18,19)20/h3-8H,9-10H2,1-2H3,(H,22,23). The summed E-state index contributed by atoms with van der Waals surface area (Å²) in [6, 6.07) is 8.50. The zero-order valence-electron chi connectivity index (χ0n) is 13.3. The number of ether oxygens (including phenoxy) is 1. The summed E-state index contributed by atoms with van der Waals surface area (Å²) in [5.41, 5.74) is 2.74. The van der Waals surface area contributed by atoms with Crippen molar-refractivity contribution in [3.05, 3.63) is 58.8 Å². The van der Waals surface area contributed by atoms with E-state index in [1.54, 1.807) is 24.3 Å². The molecule has 128 valence electrons. The summed E-state index contributed by atoms with van der Waals surface area (Å²) in [4.78, 5) is 16.1. The molecule has 0 fully saturated rings. The van der Waals surface area contributed by atoms with E-state index in [2.05, 4.69) is 10.3 Å². The van der Waals surface area contributed by atoms with Gasteiger partial charge in [0.15, 0.2) is 6.61 Å². The van der Waals surface area contributed by atoms with Gasteiger partial charge >= 0.3 is 6.18 Å². The van der Waals surface area contributed by atoms with Gasteiger partial charge in [0.05, 0.1) is 0 Å². The van der Waals surface area contributed by atoms with Crippen molar-refractivity contribution in [2.24, 2.45) is 0 Å². The number of pyridine rings is 1. The lowest BCUT2D eigenvalue weighted by Crippen LogP contribution is -2.25. The summed E-state index contributed by atoms with van der Waals surface area (Å²) in [7, 11) is 0. The van der Waals surface area contributed by atoms with Crippen LogP contribution >= 0.6 is 0 Å². The van der Waals surface area contributed by atoms with E-state index >= 15 is 0 Å². The molecule has 1 aromatic heterocycles. The first kappa shape index (κ1) is 17.8. The SMILES string of the molecule is Cc1cccc(C(=O)NCc2cccnc2OCC(F)(F)F)c1C. The van der Waals surface area contributed by atoms with E-state index in [4.69, 9.17) is 4.74 Å². The van der Waals surface area contributed by atoms with Crippen molar-refractivity contribution in [1.29, 1.82) is 0 Å². The van der Waals surface area contributed by atoms with Gasteiger partial charge in [-0.15, -0.1) is 0 Å². The average molecular weight is 338 g/mol. The molecule has 0 radical (unpaired) electrons. The molecule has 1 aromatic carbocycles. The number of aryl methyl sites for hydroxylation is 1. The van der Waals surface area contributed by atoms with Gasteiger partial charge < -0.3 is 10.1 Å². The Morgan fingerprint density at radius 2 is 1.96 bits per heavy atom. The molecule has 1 heterocycles. The van der Waals surface area contributed by atoms with Crippen LogP contribution in [0.3, 0.4) is 0 Å². The van der Waals surface area contributed by atoms with Crippen molar-refractivity contribution >= 4 is 5.91 Å². The Labute approximate surface area is 137 Å². The smallest absolute Gasteiger partial charge is 0.422 e. The number of halogens is 3. The Hall–Kier alpha value is -2.57. The van der Waals surface area contributed by atoms with E-state index in [1.165, 1.54) is 6.20 Å². The quantitative estimate of drug-likeness (QED) is 0.907. The molecule has 0 aliphatic rings. The molecular formula is C17H17F3N2O2. The van der Waals surface area contributed by atoms with Gasteiger partial charge in [-0.05, 0) is 37.1 Å². The number of benzene rings is 1. The number of carbonyl (C=O) groups excluding carboxylic acids is 1. The number of carbonyl (C=O) groups is 1. The fraction of sp³-hybridized carbons (Fsp3) is 0.294. The maximum Gasteiger partial charge on any atom is 0.422 e. The van der Waals surface area contributed by atoms with E-state index < -0.39 is 12.8 Å². The number of hydrogen-bond donors (Lipinski definition) is 1. The lowest BCUT2D eigenvalue weighted by molar-refractivity contribution is -0.154. The minimum absolute atomic E-state index is 0.0211. The van der Waals surface area contributed by atoms with Crippen molar-refractivity contribution in [1.82, 2.24) is 10.3 Å². The van der Waals surface area contributed by atoms with Gasteiger partial charge in [0.2, 0.25) is 5.88 Å². The zero-order chi connectivity index (χ0) is 17.7. The fourth-order valence-electron chi connectivity index (χ4n) is 2.11. The lowest BCUT2D eigenvalue weighted by Gasteiger charge is -2.13. The molecular weight excluding hydrogens is 321 g/mol. The first-order chi connectivity index (χ1) is 11.3. The molecule has 7 heteroatoms.